The molecule has 0 aliphatic carbocycles. The van der Waals surface area contributed by atoms with Crippen molar-refractivity contribution in [1.29, 1.82) is 0 Å². The fourth-order valence-electron chi connectivity index (χ4n) is 2.44. The molecular formula is C16H15N3O3. The first-order valence-electron chi connectivity index (χ1n) is 6.87. The van der Waals surface area contributed by atoms with Crippen molar-refractivity contribution in [2.24, 2.45) is 0 Å². The quantitative estimate of drug-likeness (QED) is 0.672. The minimum Gasteiger partial charge on any atom is -0.506 e. The summed E-state index contributed by atoms with van der Waals surface area (Å²) in [6.07, 6.45) is 1.95. The predicted octanol–water partition coefficient (Wildman–Crippen LogP) is 2.71. The number of nitro groups is 1. The lowest BCUT2D eigenvalue weighted by molar-refractivity contribution is -0.384. The lowest BCUT2D eigenvalue weighted by Crippen LogP contribution is -2.37. The van der Waals surface area contributed by atoms with Crippen molar-refractivity contribution in [3.63, 3.8) is 0 Å². The highest BCUT2D eigenvalue weighted by Crippen LogP contribution is 2.28. The summed E-state index contributed by atoms with van der Waals surface area (Å²) in [5, 5.41) is 23.9. The molecule has 0 spiro atoms. The van der Waals surface area contributed by atoms with Crippen molar-refractivity contribution in [3.05, 3.63) is 70.3 Å². The molecule has 0 radical (unpaired) electrons. The second-order valence-electron chi connectivity index (χ2n) is 4.97. The molecule has 0 aromatic heterocycles. The molecule has 2 N–H and O–H groups in total. The van der Waals surface area contributed by atoms with Crippen molar-refractivity contribution in [1.82, 2.24) is 5.32 Å². The van der Waals surface area contributed by atoms with E-state index in [9.17, 15) is 15.2 Å². The Hall–Kier alpha value is -3.02. The smallest absolute Gasteiger partial charge is 0.270 e. The van der Waals surface area contributed by atoms with Gasteiger partial charge >= 0.3 is 0 Å². The highest BCUT2D eigenvalue weighted by atomic mass is 16.6. The minimum atomic E-state index is -0.402. The third-order valence-electron chi connectivity index (χ3n) is 3.57. The number of phenolic OH excluding ortho intramolecular Hbond substituents is 1. The predicted molar refractivity (Wildman–Crippen MR) is 84.5 cm³/mol. The van der Waals surface area contributed by atoms with E-state index in [1.165, 1.54) is 6.07 Å². The second-order valence-corrected chi connectivity index (χ2v) is 4.97. The molecule has 22 heavy (non-hydrogen) atoms. The normalized spacial score (nSPS) is 14.2. The molecule has 112 valence electrons. The van der Waals surface area contributed by atoms with Crippen LogP contribution in [0.2, 0.25) is 0 Å². The molecule has 0 bridgehead atoms. The molecule has 1 heterocycles. The van der Waals surface area contributed by atoms with Gasteiger partial charge in [0.1, 0.15) is 5.75 Å². The summed E-state index contributed by atoms with van der Waals surface area (Å²) in [5.74, 6) is 0.233. The number of para-hydroxylation sites is 2. The molecule has 0 saturated carbocycles. The Morgan fingerprint density at radius 3 is 2.68 bits per heavy atom. The van der Waals surface area contributed by atoms with E-state index in [1.807, 2.05) is 29.2 Å². The number of aromatic hydroxyl groups is 1. The fourth-order valence-corrected chi connectivity index (χ4v) is 2.44. The van der Waals surface area contributed by atoms with Gasteiger partial charge in [0, 0.05) is 29.9 Å². The summed E-state index contributed by atoms with van der Waals surface area (Å²) in [7, 11) is 0. The third-order valence-corrected chi connectivity index (χ3v) is 3.57. The first-order chi connectivity index (χ1) is 10.6. The number of hydrogen-bond donors (Lipinski definition) is 2. The summed E-state index contributed by atoms with van der Waals surface area (Å²) in [6.45, 7) is 1.13. The lowest BCUT2D eigenvalue weighted by atomic mass is 10.1. The monoisotopic (exact) mass is 297 g/mol. The minimum absolute atomic E-state index is 0.0725. The zero-order valence-electron chi connectivity index (χ0n) is 11.8. The molecule has 2 aromatic carbocycles. The van der Waals surface area contributed by atoms with Crippen molar-refractivity contribution in [2.45, 2.75) is 0 Å². The zero-order valence-corrected chi connectivity index (χ0v) is 11.8. The van der Waals surface area contributed by atoms with E-state index in [0.29, 0.717) is 13.2 Å². The number of non-ortho nitro benzene ring substituents is 1. The number of rotatable bonds is 3. The Bertz CT molecular complexity index is 743. The van der Waals surface area contributed by atoms with Gasteiger partial charge in [-0.3, -0.25) is 10.1 Å². The third kappa shape index (κ3) is 2.71. The molecule has 1 aliphatic heterocycles. The standard InChI is InChI=1S/C16H15N3O3/c20-16-7-2-1-6-15(16)18-9-8-14(17-11-18)12-4-3-5-13(10-12)19(21)22/h1-8,10,17,20H,9,11H2. The number of nitro benzene ring substituents is 1. The van der Waals surface area contributed by atoms with Gasteiger partial charge in [0.2, 0.25) is 0 Å². The van der Waals surface area contributed by atoms with E-state index in [0.717, 1.165) is 16.9 Å². The zero-order chi connectivity index (χ0) is 15.5. The van der Waals surface area contributed by atoms with E-state index in [-0.39, 0.29) is 11.4 Å². The van der Waals surface area contributed by atoms with Crippen molar-refractivity contribution in [2.75, 3.05) is 18.1 Å². The van der Waals surface area contributed by atoms with E-state index >= 15 is 0 Å². The summed E-state index contributed by atoms with van der Waals surface area (Å²) in [6, 6.07) is 13.7. The van der Waals surface area contributed by atoms with Crippen LogP contribution in [0.4, 0.5) is 11.4 Å². The second kappa shape index (κ2) is 5.77. The van der Waals surface area contributed by atoms with Crippen LogP contribution in [-0.4, -0.2) is 23.2 Å². The number of nitrogens with zero attached hydrogens (tertiary/aromatic N) is 2. The van der Waals surface area contributed by atoms with Gasteiger partial charge in [-0.05, 0) is 18.2 Å². The molecule has 0 amide bonds. The molecule has 0 unspecified atom stereocenters. The molecule has 3 rings (SSSR count). The number of nitrogens with one attached hydrogen (secondary N) is 1. The van der Waals surface area contributed by atoms with Gasteiger partial charge in [-0.25, -0.2) is 0 Å². The average Bonchev–Trinajstić information content (AvgIpc) is 2.56. The van der Waals surface area contributed by atoms with E-state index in [2.05, 4.69) is 5.32 Å². The maximum absolute atomic E-state index is 10.8. The number of benzene rings is 2. The van der Waals surface area contributed by atoms with Gasteiger partial charge in [-0.2, -0.15) is 0 Å². The largest absolute Gasteiger partial charge is 0.506 e. The first-order valence-corrected chi connectivity index (χ1v) is 6.87. The highest BCUT2D eigenvalue weighted by molar-refractivity contribution is 5.69. The van der Waals surface area contributed by atoms with Gasteiger partial charge in [0.05, 0.1) is 17.3 Å². The van der Waals surface area contributed by atoms with Crippen molar-refractivity contribution >= 4 is 17.1 Å². The van der Waals surface area contributed by atoms with E-state index in [4.69, 9.17) is 0 Å². The van der Waals surface area contributed by atoms with Crippen LogP contribution in [0.1, 0.15) is 5.56 Å². The Balaban J connectivity index is 1.81. The molecule has 2 aromatic rings. The maximum Gasteiger partial charge on any atom is 0.270 e. The van der Waals surface area contributed by atoms with Crippen LogP contribution >= 0.6 is 0 Å². The van der Waals surface area contributed by atoms with Crippen LogP contribution in [-0.2, 0) is 0 Å². The SMILES string of the molecule is O=[N+]([O-])c1cccc(C2=CCN(c3ccccc3O)CN2)c1. The summed E-state index contributed by atoms with van der Waals surface area (Å²) >= 11 is 0. The fraction of sp³-hybridized carbons (Fsp3) is 0.125. The van der Waals surface area contributed by atoms with Gasteiger partial charge in [0.15, 0.2) is 0 Å². The summed E-state index contributed by atoms with van der Waals surface area (Å²) in [4.78, 5) is 12.4. The van der Waals surface area contributed by atoms with Crippen LogP contribution in [0, 0.1) is 10.1 Å². The average molecular weight is 297 g/mol. The Morgan fingerprint density at radius 2 is 2.00 bits per heavy atom. The molecule has 1 aliphatic rings. The van der Waals surface area contributed by atoms with Gasteiger partial charge < -0.3 is 15.3 Å². The van der Waals surface area contributed by atoms with Crippen LogP contribution in [0.5, 0.6) is 5.75 Å². The number of phenols is 1. The Labute approximate surface area is 127 Å². The van der Waals surface area contributed by atoms with Crippen LogP contribution in [0.3, 0.4) is 0 Å². The van der Waals surface area contributed by atoms with Gasteiger partial charge in [0.25, 0.3) is 5.69 Å². The van der Waals surface area contributed by atoms with Crippen molar-refractivity contribution in [3.8, 4) is 5.75 Å². The van der Waals surface area contributed by atoms with E-state index in [1.54, 1.807) is 24.3 Å². The Morgan fingerprint density at radius 1 is 1.18 bits per heavy atom. The highest BCUT2D eigenvalue weighted by Gasteiger charge is 2.16. The molecule has 6 heteroatoms. The summed E-state index contributed by atoms with van der Waals surface area (Å²) < 4.78 is 0. The Kier molecular flexibility index (Phi) is 3.65. The van der Waals surface area contributed by atoms with Gasteiger partial charge in [-0.15, -0.1) is 0 Å². The lowest BCUT2D eigenvalue weighted by Gasteiger charge is -2.30. The van der Waals surface area contributed by atoms with E-state index < -0.39 is 4.92 Å². The van der Waals surface area contributed by atoms with Crippen LogP contribution in [0.15, 0.2) is 54.6 Å². The topological polar surface area (TPSA) is 78.6 Å². The molecule has 6 nitrogen and oxygen atoms in total. The molecule has 0 saturated heterocycles. The van der Waals surface area contributed by atoms with Crippen LogP contribution < -0.4 is 10.2 Å². The van der Waals surface area contributed by atoms with Crippen LogP contribution in [0.25, 0.3) is 5.70 Å². The molecular weight excluding hydrogens is 282 g/mol. The number of hydrogen-bond acceptors (Lipinski definition) is 5. The first kappa shape index (κ1) is 13.9. The number of anilines is 1. The summed E-state index contributed by atoms with van der Waals surface area (Å²) in [5.41, 5.74) is 2.47. The molecule has 0 atom stereocenters. The van der Waals surface area contributed by atoms with Gasteiger partial charge in [-0.1, -0.05) is 24.3 Å². The van der Waals surface area contributed by atoms with Crippen molar-refractivity contribution < 1.29 is 10.0 Å². The molecule has 0 fully saturated rings. The maximum atomic E-state index is 10.8.